The summed E-state index contributed by atoms with van der Waals surface area (Å²) in [5.41, 5.74) is 2.64. The van der Waals surface area contributed by atoms with Crippen LogP contribution in [0.1, 0.15) is 33.3 Å². The van der Waals surface area contributed by atoms with Gasteiger partial charge in [0.15, 0.2) is 5.13 Å². The van der Waals surface area contributed by atoms with Crippen LogP contribution in [0.3, 0.4) is 0 Å². The van der Waals surface area contributed by atoms with Gasteiger partial charge in [-0.1, -0.05) is 18.5 Å². The molecule has 10 heteroatoms. The standard InChI is InChI=1S/C21H24ClN5O3S/c1-5-12-8-23-18-16(12)17(22)13(9-24-18)14-11-31-19(25-14)27-7-6-26(10-15(27)28)20(29)30-21(2,3)4/h8-9,11H,5-7,10H2,1-4H3,(H,23,24). The number of H-pyrrole nitrogens is 1. The summed E-state index contributed by atoms with van der Waals surface area (Å²) < 4.78 is 5.37. The molecule has 8 nitrogen and oxygen atoms in total. The van der Waals surface area contributed by atoms with Crippen LogP contribution in [0.15, 0.2) is 17.8 Å². The van der Waals surface area contributed by atoms with Gasteiger partial charge in [0.1, 0.15) is 17.8 Å². The molecule has 31 heavy (non-hydrogen) atoms. The normalized spacial score (nSPS) is 15.1. The molecule has 0 spiro atoms. The number of rotatable bonds is 3. The Morgan fingerprint density at radius 1 is 1.35 bits per heavy atom. The summed E-state index contributed by atoms with van der Waals surface area (Å²) in [6.07, 6.45) is 3.97. The van der Waals surface area contributed by atoms with Crippen molar-refractivity contribution in [1.29, 1.82) is 0 Å². The molecular weight excluding hydrogens is 438 g/mol. The molecule has 1 aliphatic rings. The van der Waals surface area contributed by atoms with Crippen LogP contribution in [-0.2, 0) is 16.0 Å². The van der Waals surface area contributed by atoms with Crippen molar-refractivity contribution in [3.05, 3.63) is 28.4 Å². The molecule has 2 amide bonds. The van der Waals surface area contributed by atoms with Crippen molar-refractivity contribution in [3.8, 4) is 11.3 Å². The van der Waals surface area contributed by atoms with Crippen LogP contribution in [0.25, 0.3) is 22.3 Å². The Morgan fingerprint density at radius 3 is 2.81 bits per heavy atom. The number of aryl methyl sites for hydroxylation is 1. The molecule has 0 radical (unpaired) electrons. The predicted octanol–water partition coefficient (Wildman–Crippen LogP) is 4.49. The fourth-order valence-corrected chi connectivity index (χ4v) is 4.67. The average molecular weight is 462 g/mol. The first kappa shape index (κ1) is 21.6. The number of hydrogen-bond donors (Lipinski definition) is 1. The molecule has 1 saturated heterocycles. The molecule has 0 aromatic carbocycles. The Labute approximate surface area is 189 Å². The summed E-state index contributed by atoms with van der Waals surface area (Å²) in [4.78, 5) is 40.2. The molecule has 1 N–H and O–H groups in total. The number of carbonyl (C=O) groups excluding carboxylic acids is 2. The maximum absolute atomic E-state index is 12.7. The highest BCUT2D eigenvalue weighted by molar-refractivity contribution is 7.14. The second-order valence-electron chi connectivity index (χ2n) is 8.34. The van der Waals surface area contributed by atoms with E-state index in [4.69, 9.17) is 16.3 Å². The summed E-state index contributed by atoms with van der Waals surface area (Å²) in [6.45, 7) is 8.16. The number of fused-ring (bicyclic) bond motifs is 1. The quantitative estimate of drug-likeness (QED) is 0.620. The third-order valence-electron chi connectivity index (χ3n) is 4.97. The topological polar surface area (TPSA) is 91.4 Å². The number of carbonyl (C=O) groups is 2. The van der Waals surface area contributed by atoms with Gasteiger partial charge in [0, 0.05) is 41.8 Å². The lowest BCUT2D eigenvalue weighted by molar-refractivity contribution is -0.121. The monoisotopic (exact) mass is 461 g/mol. The summed E-state index contributed by atoms with van der Waals surface area (Å²) in [5.74, 6) is -0.198. The fourth-order valence-electron chi connectivity index (χ4n) is 3.45. The Hall–Kier alpha value is -2.65. The molecule has 4 rings (SSSR count). The van der Waals surface area contributed by atoms with Gasteiger partial charge in [0.05, 0.1) is 10.7 Å². The van der Waals surface area contributed by atoms with E-state index in [1.807, 2.05) is 11.6 Å². The second kappa shape index (κ2) is 8.12. The first-order valence-electron chi connectivity index (χ1n) is 10.1. The Kier molecular flexibility index (Phi) is 5.65. The van der Waals surface area contributed by atoms with Gasteiger partial charge >= 0.3 is 6.09 Å². The van der Waals surface area contributed by atoms with Crippen LogP contribution < -0.4 is 4.90 Å². The highest BCUT2D eigenvalue weighted by atomic mass is 35.5. The number of nitrogens with zero attached hydrogens (tertiary/aromatic N) is 4. The average Bonchev–Trinajstić information content (AvgIpc) is 3.34. The number of amides is 2. The van der Waals surface area contributed by atoms with Crippen molar-refractivity contribution < 1.29 is 14.3 Å². The van der Waals surface area contributed by atoms with Gasteiger partial charge in [-0.2, -0.15) is 0 Å². The van der Waals surface area contributed by atoms with Crippen LogP contribution in [0.2, 0.25) is 5.02 Å². The van der Waals surface area contributed by atoms with E-state index in [0.29, 0.717) is 28.9 Å². The van der Waals surface area contributed by atoms with Gasteiger partial charge in [0.2, 0.25) is 5.91 Å². The molecule has 0 atom stereocenters. The molecule has 0 bridgehead atoms. The van der Waals surface area contributed by atoms with Crippen LogP contribution in [0.4, 0.5) is 9.93 Å². The third-order valence-corrected chi connectivity index (χ3v) is 6.23. The predicted molar refractivity (Wildman–Crippen MR) is 122 cm³/mol. The third kappa shape index (κ3) is 4.24. The lowest BCUT2D eigenvalue weighted by atomic mass is 10.1. The SMILES string of the molecule is CCc1c[nH]c2ncc(-c3csc(N4CCN(C(=O)OC(C)(C)C)CC4=O)n3)c(Cl)c12. The van der Waals surface area contributed by atoms with Gasteiger partial charge in [-0.15, -0.1) is 11.3 Å². The summed E-state index contributed by atoms with van der Waals surface area (Å²) in [5, 5.41) is 3.94. The highest BCUT2D eigenvalue weighted by Crippen LogP contribution is 2.37. The second-order valence-corrected chi connectivity index (χ2v) is 9.55. The number of piperazine rings is 1. The van der Waals surface area contributed by atoms with Crippen molar-refractivity contribution in [1.82, 2.24) is 19.9 Å². The van der Waals surface area contributed by atoms with Crippen molar-refractivity contribution in [2.24, 2.45) is 0 Å². The maximum atomic E-state index is 12.7. The number of nitrogens with one attached hydrogen (secondary N) is 1. The Balaban J connectivity index is 1.54. The minimum Gasteiger partial charge on any atom is -0.444 e. The maximum Gasteiger partial charge on any atom is 0.410 e. The zero-order valence-electron chi connectivity index (χ0n) is 17.9. The Morgan fingerprint density at radius 2 is 2.13 bits per heavy atom. The number of ether oxygens (including phenoxy) is 1. The number of aromatic amines is 1. The molecule has 0 unspecified atom stereocenters. The van der Waals surface area contributed by atoms with Gasteiger partial charge < -0.3 is 9.72 Å². The van der Waals surface area contributed by atoms with Gasteiger partial charge in [-0.3, -0.25) is 14.6 Å². The van der Waals surface area contributed by atoms with Crippen LogP contribution in [0, 0.1) is 0 Å². The van der Waals surface area contributed by atoms with Crippen molar-refractivity contribution in [3.63, 3.8) is 0 Å². The van der Waals surface area contributed by atoms with E-state index in [2.05, 4.69) is 21.9 Å². The lowest BCUT2D eigenvalue weighted by Crippen LogP contribution is -2.53. The fraction of sp³-hybridized carbons (Fsp3) is 0.429. The number of anilines is 1. The molecule has 4 heterocycles. The highest BCUT2D eigenvalue weighted by Gasteiger charge is 2.32. The van der Waals surface area contributed by atoms with E-state index in [1.165, 1.54) is 16.2 Å². The zero-order chi connectivity index (χ0) is 22.3. The number of halogens is 1. The number of thiazole rings is 1. The first-order valence-corrected chi connectivity index (χ1v) is 11.3. The van der Waals surface area contributed by atoms with Crippen molar-refractivity contribution in [2.75, 3.05) is 24.5 Å². The summed E-state index contributed by atoms with van der Waals surface area (Å²) in [6, 6.07) is 0. The van der Waals surface area contributed by atoms with Crippen LogP contribution in [-0.4, -0.2) is 57.1 Å². The van der Waals surface area contributed by atoms with Gasteiger partial charge in [-0.05, 0) is 32.8 Å². The Bertz CT molecular complexity index is 1150. The van der Waals surface area contributed by atoms with E-state index in [9.17, 15) is 9.59 Å². The lowest BCUT2D eigenvalue weighted by Gasteiger charge is -2.34. The van der Waals surface area contributed by atoms with E-state index < -0.39 is 11.7 Å². The summed E-state index contributed by atoms with van der Waals surface area (Å²) in [7, 11) is 0. The molecular formula is C21H24ClN5O3S. The first-order chi connectivity index (χ1) is 14.7. The smallest absolute Gasteiger partial charge is 0.410 e. The molecule has 164 valence electrons. The molecule has 3 aromatic rings. The molecule has 0 aliphatic carbocycles. The van der Waals surface area contributed by atoms with Gasteiger partial charge in [0.25, 0.3) is 0 Å². The number of hydrogen-bond acceptors (Lipinski definition) is 6. The van der Waals surface area contributed by atoms with Crippen molar-refractivity contribution in [2.45, 2.75) is 39.7 Å². The minimum absolute atomic E-state index is 0.0404. The molecule has 1 fully saturated rings. The number of pyridine rings is 1. The van der Waals surface area contributed by atoms with Crippen LogP contribution >= 0.6 is 22.9 Å². The largest absolute Gasteiger partial charge is 0.444 e. The molecule has 0 saturated carbocycles. The van der Waals surface area contributed by atoms with E-state index in [1.54, 1.807) is 31.9 Å². The minimum atomic E-state index is -0.604. The molecule has 3 aromatic heterocycles. The number of aromatic nitrogens is 3. The van der Waals surface area contributed by atoms with Crippen molar-refractivity contribution >= 4 is 51.1 Å². The van der Waals surface area contributed by atoms with Crippen LogP contribution in [0.5, 0.6) is 0 Å². The molecule has 1 aliphatic heterocycles. The van der Waals surface area contributed by atoms with E-state index in [-0.39, 0.29) is 12.5 Å². The van der Waals surface area contributed by atoms with Gasteiger partial charge in [-0.25, -0.2) is 14.8 Å². The van der Waals surface area contributed by atoms with E-state index in [0.717, 1.165) is 28.6 Å². The van der Waals surface area contributed by atoms with E-state index >= 15 is 0 Å². The summed E-state index contributed by atoms with van der Waals surface area (Å²) >= 11 is 8.06. The zero-order valence-corrected chi connectivity index (χ0v) is 19.4.